The van der Waals surface area contributed by atoms with Crippen molar-refractivity contribution in [1.82, 2.24) is 4.90 Å². The number of benzene rings is 3. The van der Waals surface area contributed by atoms with Crippen LogP contribution in [-0.2, 0) is 16.2 Å². The molecule has 3 aromatic rings. The lowest BCUT2D eigenvalue weighted by atomic mass is 10.1. The first kappa shape index (κ1) is 28.0. The van der Waals surface area contributed by atoms with Crippen molar-refractivity contribution in [3.63, 3.8) is 0 Å². The third-order valence-corrected chi connectivity index (χ3v) is 6.72. The fourth-order valence-corrected chi connectivity index (χ4v) is 4.74. The number of nitrogens with one attached hydrogen (secondary N) is 1. The molecule has 1 heterocycles. The van der Waals surface area contributed by atoms with Crippen molar-refractivity contribution in [2.75, 3.05) is 25.6 Å². The monoisotopic (exact) mass is 570 g/mol. The molecular weight excluding hydrogens is 547 g/mol. The lowest BCUT2D eigenvalue weighted by Gasteiger charge is -2.13. The Kier molecular flexibility index (Phi) is 9.11. The maximum atomic E-state index is 13.9. The molecule has 0 atom stereocenters. The number of ether oxygens (including phenoxy) is 3. The first-order chi connectivity index (χ1) is 18.8. The SMILES string of the molecule is CCOc1cc(/C=C2/SC(=O)N(CC(=O)Nc3ccc(OC)c(Cl)c3)C2=O)ccc1OCc1ccccc1F. The summed E-state index contributed by atoms with van der Waals surface area (Å²) >= 11 is 6.81. The van der Waals surface area contributed by atoms with E-state index in [1.807, 2.05) is 6.92 Å². The molecule has 0 spiro atoms. The fraction of sp³-hybridized carbons (Fsp3) is 0.179. The van der Waals surface area contributed by atoms with E-state index in [-0.39, 0.29) is 17.3 Å². The maximum absolute atomic E-state index is 13.9. The summed E-state index contributed by atoms with van der Waals surface area (Å²) in [5.74, 6) is -0.271. The van der Waals surface area contributed by atoms with Gasteiger partial charge in [-0.2, -0.15) is 0 Å². The summed E-state index contributed by atoms with van der Waals surface area (Å²) in [6.45, 7) is 1.71. The normalized spacial score (nSPS) is 14.1. The van der Waals surface area contributed by atoms with Crippen LogP contribution in [-0.4, -0.2) is 42.2 Å². The molecular formula is C28H24ClFN2O6S. The molecule has 1 aliphatic heterocycles. The van der Waals surface area contributed by atoms with E-state index >= 15 is 0 Å². The van der Waals surface area contributed by atoms with Crippen molar-refractivity contribution < 1.29 is 33.0 Å². The van der Waals surface area contributed by atoms with E-state index in [9.17, 15) is 18.8 Å². The van der Waals surface area contributed by atoms with Crippen LogP contribution in [0, 0.1) is 5.82 Å². The van der Waals surface area contributed by atoms with Gasteiger partial charge in [0.05, 0.1) is 23.6 Å². The Hall–Kier alpha value is -4.02. The average molecular weight is 571 g/mol. The van der Waals surface area contributed by atoms with E-state index in [1.54, 1.807) is 48.5 Å². The number of imide groups is 1. The van der Waals surface area contributed by atoms with Crippen molar-refractivity contribution in [3.05, 3.63) is 87.5 Å². The van der Waals surface area contributed by atoms with E-state index in [0.717, 1.165) is 16.7 Å². The van der Waals surface area contributed by atoms with Gasteiger partial charge in [-0.15, -0.1) is 0 Å². The molecule has 0 saturated carbocycles. The number of methoxy groups -OCH3 is 1. The van der Waals surface area contributed by atoms with Crippen LogP contribution in [0.3, 0.4) is 0 Å². The Morgan fingerprint density at radius 2 is 1.82 bits per heavy atom. The fourth-order valence-electron chi connectivity index (χ4n) is 3.65. The number of nitrogens with zero attached hydrogens (tertiary/aromatic N) is 1. The van der Waals surface area contributed by atoms with Crippen LogP contribution in [0.15, 0.2) is 65.6 Å². The van der Waals surface area contributed by atoms with Crippen molar-refractivity contribution in [1.29, 1.82) is 0 Å². The molecule has 1 N–H and O–H groups in total. The second-order valence-corrected chi connectivity index (χ2v) is 9.59. The number of thioether (sulfide) groups is 1. The van der Waals surface area contributed by atoms with E-state index in [4.69, 9.17) is 25.8 Å². The highest BCUT2D eigenvalue weighted by atomic mass is 35.5. The van der Waals surface area contributed by atoms with Crippen LogP contribution in [0.4, 0.5) is 14.9 Å². The molecule has 0 aliphatic carbocycles. The van der Waals surface area contributed by atoms with E-state index in [0.29, 0.717) is 45.7 Å². The Labute approximate surface area is 233 Å². The summed E-state index contributed by atoms with van der Waals surface area (Å²) in [7, 11) is 1.47. The molecule has 3 amide bonds. The molecule has 1 fully saturated rings. The van der Waals surface area contributed by atoms with Gasteiger partial charge < -0.3 is 19.5 Å². The molecule has 4 rings (SSSR count). The number of carbonyl (C=O) groups is 3. The summed E-state index contributed by atoms with van der Waals surface area (Å²) < 4.78 is 30.5. The van der Waals surface area contributed by atoms with Crippen LogP contribution in [0.25, 0.3) is 6.08 Å². The molecule has 39 heavy (non-hydrogen) atoms. The van der Waals surface area contributed by atoms with Gasteiger partial charge in [-0.05, 0) is 66.7 Å². The first-order valence-electron chi connectivity index (χ1n) is 11.8. The molecule has 8 nitrogen and oxygen atoms in total. The summed E-state index contributed by atoms with van der Waals surface area (Å²) in [4.78, 5) is 39.0. The predicted molar refractivity (Wildman–Crippen MR) is 148 cm³/mol. The highest BCUT2D eigenvalue weighted by molar-refractivity contribution is 8.18. The molecule has 1 aliphatic rings. The van der Waals surface area contributed by atoms with Gasteiger partial charge in [-0.1, -0.05) is 35.9 Å². The summed E-state index contributed by atoms with van der Waals surface area (Å²) in [6.07, 6.45) is 1.54. The van der Waals surface area contributed by atoms with Gasteiger partial charge in [0, 0.05) is 11.3 Å². The molecule has 0 unspecified atom stereocenters. The van der Waals surface area contributed by atoms with Crippen molar-refractivity contribution in [2.24, 2.45) is 0 Å². The third kappa shape index (κ3) is 6.90. The maximum Gasteiger partial charge on any atom is 0.294 e. The summed E-state index contributed by atoms with van der Waals surface area (Å²) in [5, 5.41) is 2.35. The third-order valence-electron chi connectivity index (χ3n) is 5.52. The van der Waals surface area contributed by atoms with Gasteiger partial charge in [0.25, 0.3) is 11.1 Å². The number of hydrogen-bond donors (Lipinski definition) is 1. The Balaban J connectivity index is 1.44. The van der Waals surface area contributed by atoms with Gasteiger partial charge in [0.15, 0.2) is 11.5 Å². The van der Waals surface area contributed by atoms with Crippen LogP contribution < -0.4 is 19.5 Å². The lowest BCUT2D eigenvalue weighted by Crippen LogP contribution is -2.36. The molecule has 202 valence electrons. The lowest BCUT2D eigenvalue weighted by molar-refractivity contribution is -0.127. The Morgan fingerprint density at radius 3 is 2.54 bits per heavy atom. The number of anilines is 1. The predicted octanol–water partition coefficient (Wildman–Crippen LogP) is 6.14. The molecule has 11 heteroatoms. The number of carbonyl (C=O) groups excluding carboxylic acids is 3. The summed E-state index contributed by atoms with van der Waals surface area (Å²) in [5.41, 5.74) is 1.38. The van der Waals surface area contributed by atoms with E-state index in [2.05, 4.69) is 5.32 Å². The highest BCUT2D eigenvalue weighted by Gasteiger charge is 2.36. The molecule has 0 radical (unpaired) electrons. The zero-order valence-corrected chi connectivity index (χ0v) is 22.6. The number of halogens is 2. The molecule has 1 saturated heterocycles. The quantitative estimate of drug-likeness (QED) is 0.293. The van der Waals surface area contributed by atoms with Crippen molar-refractivity contribution >= 4 is 52.2 Å². The van der Waals surface area contributed by atoms with E-state index < -0.39 is 23.6 Å². The minimum atomic E-state index is -0.592. The van der Waals surface area contributed by atoms with Gasteiger partial charge in [-0.25, -0.2) is 4.39 Å². The minimum Gasteiger partial charge on any atom is -0.495 e. The van der Waals surface area contributed by atoms with Gasteiger partial charge >= 0.3 is 0 Å². The van der Waals surface area contributed by atoms with Crippen LogP contribution >= 0.6 is 23.4 Å². The number of amides is 3. The first-order valence-corrected chi connectivity index (χ1v) is 13.0. The van der Waals surface area contributed by atoms with Crippen LogP contribution in [0.5, 0.6) is 17.2 Å². The van der Waals surface area contributed by atoms with Gasteiger partial charge in [-0.3, -0.25) is 19.3 Å². The van der Waals surface area contributed by atoms with Crippen LogP contribution in [0.2, 0.25) is 5.02 Å². The summed E-state index contributed by atoms with van der Waals surface area (Å²) in [6, 6.07) is 16.0. The second-order valence-electron chi connectivity index (χ2n) is 8.18. The zero-order chi connectivity index (χ0) is 27.9. The van der Waals surface area contributed by atoms with Crippen molar-refractivity contribution in [3.8, 4) is 17.2 Å². The zero-order valence-electron chi connectivity index (χ0n) is 21.0. The van der Waals surface area contributed by atoms with Gasteiger partial charge in [0.2, 0.25) is 5.91 Å². The molecule has 0 bridgehead atoms. The Bertz CT molecular complexity index is 1450. The van der Waals surface area contributed by atoms with E-state index in [1.165, 1.54) is 25.3 Å². The molecule has 3 aromatic carbocycles. The standard InChI is InChI=1S/C28H24ClFN2O6S/c1-3-37-24-12-17(8-10-23(24)38-16-18-6-4-5-7-21(18)30)13-25-27(34)32(28(35)39-25)15-26(33)31-19-9-11-22(36-2)20(29)14-19/h4-14H,3,15-16H2,1-2H3,(H,31,33)/b25-13+. The smallest absolute Gasteiger partial charge is 0.294 e. The number of hydrogen-bond acceptors (Lipinski definition) is 7. The molecule has 0 aromatic heterocycles. The van der Waals surface area contributed by atoms with Crippen molar-refractivity contribution in [2.45, 2.75) is 13.5 Å². The largest absolute Gasteiger partial charge is 0.495 e. The van der Waals surface area contributed by atoms with Crippen LogP contribution in [0.1, 0.15) is 18.1 Å². The minimum absolute atomic E-state index is 0.00970. The average Bonchev–Trinajstić information content (AvgIpc) is 3.16. The second kappa shape index (κ2) is 12.7. The number of rotatable bonds is 10. The topological polar surface area (TPSA) is 94.2 Å². The van der Waals surface area contributed by atoms with Gasteiger partial charge in [0.1, 0.15) is 24.7 Å². The Morgan fingerprint density at radius 1 is 1.05 bits per heavy atom. The highest BCUT2D eigenvalue weighted by Crippen LogP contribution is 2.35.